The minimum Gasteiger partial charge on any atom is -0.373 e. The molecule has 100 valence electrons. The summed E-state index contributed by atoms with van der Waals surface area (Å²) in [5, 5.41) is 4.18. The molecule has 6 atom stereocenters. The van der Waals surface area contributed by atoms with Crippen LogP contribution in [0.1, 0.15) is 12.8 Å². The molecule has 0 N–H and O–H groups in total. The highest BCUT2D eigenvalue weighted by Gasteiger charge is 2.47. The van der Waals surface area contributed by atoms with E-state index in [9.17, 15) is 0 Å². The molecule has 17 heavy (non-hydrogen) atoms. The first kappa shape index (κ1) is 15.3. The van der Waals surface area contributed by atoms with Crippen LogP contribution in [0.25, 0.3) is 0 Å². The van der Waals surface area contributed by atoms with Gasteiger partial charge in [-0.05, 0) is 36.5 Å². The van der Waals surface area contributed by atoms with Gasteiger partial charge in [0.05, 0.1) is 12.2 Å². The first-order valence-electron chi connectivity index (χ1n) is 6.14. The van der Waals surface area contributed by atoms with Gasteiger partial charge >= 0.3 is 0 Å². The van der Waals surface area contributed by atoms with Gasteiger partial charge in [-0.25, -0.2) is 0 Å². The van der Waals surface area contributed by atoms with E-state index in [0.29, 0.717) is 12.2 Å². The van der Waals surface area contributed by atoms with Gasteiger partial charge in [0.25, 0.3) is 0 Å². The zero-order valence-corrected chi connectivity index (χ0v) is 16.0. The van der Waals surface area contributed by atoms with E-state index in [-0.39, 0.29) is 0 Å². The summed E-state index contributed by atoms with van der Waals surface area (Å²) in [5.41, 5.74) is 0. The maximum atomic E-state index is 6.33. The van der Waals surface area contributed by atoms with Crippen LogP contribution < -0.4 is 0 Å². The van der Waals surface area contributed by atoms with E-state index >= 15 is 0 Å². The molecule has 1 nitrogen and oxygen atoms in total. The summed E-state index contributed by atoms with van der Waals surface area (Å²) in [6.07, 6.45) is 3.44. The number of alkyl halides is 4. The second-order valence-corrected chi connectivity index (χ2v) is 7.74. The fraction of sp³-hybridized carbons (Fsp3) is 1.00. The molecule has 0 spiro atoms. The van der Waals surface area contributed by atoms with E-state index in [1.807, 2.05) is 0 Å². The molecule has 6 unspecified atom stereocenters. The summed E-state index contributed by atoms with van der Waals surface area (Å²) in [6.45, 7) is 0. The maximum absolute atomic E-state index is 6.33. The molecule has 0 aromatic carbocycles. The van der Waals surface area contributed by atoms with Gasteiger partial charge in [0, 0.05) is 21.3 Å². The number of ether oxygens (including phenoxy) is 1. The Labute approximate surface area is 137 Å². The van der Waals surface area contributed by atoms with Crippen LogP contribution in [-0.4, -0.2) is 33.5 Å². The quantitative estimate of drug-likeness (QED) is 0.446. The first-order valence-corrected chi connectivity index (χ1v) is 10.6. The lowest BCUT2D eigenvalue weighted by molar-refractivity contribution is -0.0121. The first-order chi connectivity index (χ1) is 8.24. The van der Waals surface area contributed by atoms with E-state index in [1.54, 1.807) is 0 Å². The average Bonchev–Trinajstić information content (AvgIpc) is 3.24. The van der Waals surface area contributed by atoms with Crippen molar-refractivity contribution in [2.24, 2.45) is 23.7 Å². The molecule has 0 amide bonds. The molecule has 2 aliphatic rings. The lowest BCUT2D eigenvalue weighted by Crippen LogP contribution is -2.29. The number of hydrogen-bond donors (Lipinski definition) is 0. The zero-order valence-electron chi connectivity index (χ0n) is 9.63. The minimum atomic E-state index is 0.400. The lowest BCUT2D eigenvalue weighted by atomic mass is 10.2. The van der Waals surface area contributed by atoms with Crippen LogP contribution in [0.15, 0.2) is 0 Å². The molecule has 0 aromatic heterocycles. The minimum absolute atomic E-state index is 0.400. The molecule has 2 aliphatic carbocycles. The Hall–Kier alpha value is 1.88. The topological polar surface area (TPSA) is 9.23 Å². The largest absolute Gasteiger partial charge is 0.373 e. The van der Waals surface area contributed by atoms with E-state index in [2.05, 4.69) is 63.7 Å². The van der Waals surface area contributed by atoms with Crippen molar-refractivity contribution in [1.82, 2.24) is 0 Å². The SMILES string of the molecule is BrCC1CC1C(CBr)OC(CBr)C1CC1CBr. The average molecular weight is 498 g/mol. The molecule has 2 saturated carbocycles. The highest BCUT2D eigenvalue weighted by molar-refractivity contribution is 9.09. The van der Waals surface area contributed by atoms with Crippen LogP contribution in [0, 0.1) is 23.7 Å². The normalized spacial score (nSPS) is 38.8. The van der Waals surface area contributed by atoms with E-state index in [4.69, 9.17) is 4.74 Å². The predicted octanol–water partition coefficient (Wildman–Crippen LogP) is 4.59. The molecule has 0 aliphatic heterocycles. The smallest absolute Gasteiger partial charge is 0.0707 e. The zero-order chi connectivity index (χ0) is 12.4. The van der Waals surface area contributed by atoms with Crippen molar-refractivity contribution in [3.05, 3.63) is 0 Å². The Morgan fingerprint density at radius 3 is 1.47 bits per heavy atom. The van der Waals surface area contributed by atoms with Gasteiger partial charge in [-0.15, -0.1) is 0 Å². The van der Waals surface area contributed by atoms with Crippen molar-refractivity contribution in [1.29, 1.82) is 0 Å². The van der Waals surface area contributed by atoms with Crippen LogP contribution in [0.5, 0.6) is 0 Å². The van der Waals surface area contributed by atoms with Crippen LogP contribution in [0.4, 0.5) is 0 Å². The molecular weight excluding hydrogens is 480 g/mol. The number of rotatable bonds is 8. The summed E-state index contributed by atoms with van der Waals surface area (Å²) >= 11 is 14.4. The molecule has 0 heterocycles. The third-order valence-electron chi connectivity index (χ3n) is 3.96. The van der Waals surface area contributed by atoms with Crippen molar-refractivity contribution in [2.45, 2.75) is 25.0 Å². The van der Waals surface area contributed by atoms with Crippen molar-refractivity contribution < 1.29 is 4.74 Å². The molecule has 0 bridgehead atoms. The van der Waals surface area contributed by atoms with Crippen LogP contribution in [-0.2, 0) is 4.74 Å². The van der Waals surface area contributed by atoms with E-state index < -0.39 is 0 Å². The van der Waals surface area contributed by atoms with Crippen molar-refractivity contribution >= 4 is 63.7 Å². The Morgan fingerprint density at radius 2 is 1.24 bits per heavy atom. The Bertz CT molecular complexity index is 227. The van der Waals surface area contributed by atoms with Gasteiger partial charge in [0.2, 0.25) is 0 Å². The molecule has 0 radical (unpaired) electrons. The molecule has 0 saturated heterocycles. The molecular formula is C12H18Br4O. The van der Waals surface area contributed by atoms with Gasteiger partial charge in [-0.3, -0.25) is 0 Å². The van der Waals surface area contributed by atoms with Gasteiger partial charge in [0.15, 0.2) is 0 Å². The summed E-state index contributed by atoms with van der Waals surface area (Å²) < 4.78 is 6.33. The highest BCUT2D eigenvalue weighted by Crippen LogP contribution is 2.48. The summed E-state index contributed by atoms with van der Waals surface area (Å²) in [7, 11) is 0. The summed E-state index contributed by atoms with van der Waals surface area (Å²) in [6, 6.07) is 0. The van der Waals surface area contributed by atoms with E-state index in [0.717, 1.165) is 45.0 Å². The lowest BCUT2D eigenvalue weighted by Gasteiger charge is -2.23. The predicted molar refractivity (Wildman–Crippen MR) is 87.0 cm³/mol. The fourth-order valence-electron chi connectivity index (χ4n) is 2.54. The van der Waals surface area contributed by atoms with Gasteiger partial charge in [0.1, 0.15) is 0 Å². The summed E-state index contributed by atoms with van der Waals surface area (Å²) in [5.74, 6) is 3.19. The van der Waals surface area contributed by atoms with Crippen molar-refractivity contribution in [3.8, 4) is 0 Å². The second kappa shape index (κ2) is 7.05. The van der Waals surface area contributed by atoms with Crippen LogP contribution >= 0.6 is 63.7 Å². The van der Waals surface area contributed by atoms with Crippen LogP contribution in [0.3, 0.4) is 0 Å². The second-order valence-electron chi connectivity index (χ2n) is 5.15. The molecule has 2 fully saturated rings. The van der Waals surface area contributed by atoms with E-state index in [1.165, 1.54) is 12.8 Å². The third-order valence-corrected chi connectivity index (χ3v) is 6.90. The van der Waals surface area contributed by atoms with Gasteiger partial charge in [-0.1, -0.05) is 63.7 Å². The van der Waals surface area contributed by atoms with Crippen molar-refractivity contribution in [2.75, 3.05) is 21.3 Å². The Morgan fingerprint density at radius 1 is 0.824 bits per heavy atom. The third kappa shape index (κ3) is 3.93. The Kier molecular flexibility index (Phi) is 6.33. The fourth-order valence-corrected chi connectivity index (χ4v) is 5.29. The summed E-state index contributed by atoms with van der Waals surface area (Å²) in [4.78, 5) is 0. The monoisotopic (exact) mass is 494 g/mol. The molecule has 2 rings (SSSR count). The van der Waals surface area contributed by atoms with Crippen LogP contribution in [0.2, 0.25) is 0 Å². The molecule has 5 heteroatoms. The number of halogens is 4. The number of hydrogen-bond acceptors (Lipinski definition) is 1. The highest BCUT2D eigenvalue weighted by atomic mass is 79.9. The molecule has 0 aromatic rings. The maximum Gasteiger partial charge on any atom is 0.0707 e. The standard InChI is InChI=1S/C12H18Br4O/c13-3-7-1-9(7)11(5-15)17-12(6-16)10-2-8(10)4-14/h7-12H,1-6H2. The van der Waals surface area contributed by atoms with Crippen molar-refractivity contribution in [3.63, 3.8) is 0 Å². The van der Waals surface area contributed by atoms with Gasteiger partial charge < -0.3 is 4.74 Å². The Balaban J connectivity index is 1.80. The van der Waals surface area contributed by atoms with Gasteiger partial charge in [-0.2, -0.15) is 0 Å².